The number of H-pyrrole nitrogens is 1. The topological polar surface area (TPSA) is 130 Å². The van der Waals surface area contributed by atoms with E-state index >= 15 is 0 Å². The smallest absolute Gasteiger partial charge is 0.424 e. The van der Waals surface area contributed by atoms with Crippen molar-refractivity contribution in [3.8, 4) is 17.0 Å². The molecule has 0 fully saturated rings. The molecule has 0 aliphatic heterocycles. The van der Waals surface area contributed by atoms with Gasteiger partial charge in [-0.2, -0.15) is 13.2 Å². The highest BCUT2D eigenvalue weighted by Crippen LogP contribution is 2.42. The minimum absolute atomic E-state index is 0.0251. The highest BCUT2D eigenvalue weighted by Gasteiger charge is 2.56. The van der Waals surface area contributed by atoms with Crippen LogP contribution in [0.25, 0.3) is 22.2 Å². The van der Waals surface area contributed by atoms with Crippen LogP contribution in [-0.4, -0.2) is 46.2 Å². The van der Waals surface area contributed by atoms with E-state index in [0.717, 1.165) is 30.3 Å². The zero-order chi connectivity index (χ0) is 29.2. The van der Waals surface area contributed by atoms with Gasteiger partial charge in [0.05, 0.1) is 30.8 Å². The standard InChI is InChI=1S/C27H23F5N4O4/c1-2-40-24-16(11-22(33)37)10-21(36-23(24)14-3-5-17(28)6-4-14)26(39,27(30,31)32)13-35-25(38)18-12-20-15(7-8-34-20)9-19(18)29/h3-10,12,34,39H,2,11,13H2,1H3,(H2,33,37)(H,35,38)/t26-/m0/s1. The second-order valence-corrected chi connectivity index (χ2v) is 8.87. The van der Waals surface area contributed by atoms with Gasteiger partial charge < -0.3 is 25.9 Å². The van der Waals surface area contributed by atoms with E-state index in [1.54, 1.807) is 13.0 Å². The molecular formula is C27H23F5N4O4. The number of rotatable bonds is 9. The first-order chi connectivity index (χ1) is 18.8. The first kappa shape index (κ1) is 28.5. The maximum Gasteiger partial charge on any atom is 0.424 e. The molecule has 13 heteroatoms. The normalized spacial score (nSPS) is 13.2. The number of carbonyl (C=O) groups is 2. The van der Waals surface area contributed by atoms with Crippen LogP contribution in [0.2, 0.25) is 0 Å². The molecule has 2 heterocycles. The van der Waals surface area contributed by atoms with Crippen LogP contribution in [0.1, 0.15) is 28.5 Å². The Labute approximate surface area is 224 Å². The van der Waals surface area contributed by atoms with Crippen LogP contribution in [0.3, 0.4) is 0 Å². The molecule has 5 N–H and O–H groups in total. The number of hydrogen-bond acceptors (Lipinski definition) is 5. The van der Waals surface area contributed by atoms with Crippen molar-refractivity contribution >= 4 is 22.7 Å². The Bertz CT molecular complexity index is 1570. The molecule has 0 radical (unpaired) electrons. The van der Waals surface area contributed by atoms with Crippen LogP contribution in [0, 0.1) is 11.6 Å². The first-order valence-electron chi connectivity index (χ1n) is 11.9. The summed E-state index contributed by atoms with van der Waals surface area (Å²) in [4.78, 5) is 31.3. The van der Waals surface area contributed by atoms with E-state index in [1.165, 1.54) is 18.3 Å². The zero-order valence-electron chi connectivity index (χ0n) is 20.9. The number of nitrogens with zero attached hydrogens (tertiary/aromatic N) is 1. The fourth-order valence-corrected chi connectivity index (χ4v) is 4.11. The lowest BCUT2D eigenvalue weighted by Gasteiger charge is -2.31. The summed E-state index contributed by atoms with van der Waals surface area (Å²) in [6, 6.07) is 9.04. The van der Waals surface area contributed by atoms with E-state index in [9.17, 15) is 36.6 Å². The average molecular weight is 562 g/mol. The molecule has 0 saturated heterocycles. The third-order valence-electron chi connectivity index (χ3n) is 6.10. The predicted octanol–water partition coefficient (Wildman–Crippen LogP) is 4.11. The van der Waals surface area contributed by atoms with E-state index in [-0.39, 0.29) is 29.2 Å². The number of aromatic amines is 1. The van der Waals surface area contributed by atoms with Gasteiger partial charge in [0.15, 0.2) is 0 Å². The number of halogens is 5. The summed E-state index contributed by atoms with van der Waals surface area (Å²) in [6.45, 7) is 0.149. The number of hydrogen-bond donors (Lipinski definition) is 4. The molecule has 0 saturated carbocycles. The zero-order valence-corrected chi connectivity index (χ0v) is 20.9. The maximum absolute atomic E-state index is 14.5. The Morgan fingerprint density at radius 2 is 1.80 bits per heavy atom. The largest absolute Gasteiger partial charge is 0.491 e. The number of alkyl halides is 3. The molecule has 40 heavy (non-hydrogen) atoms. The number of fused-ring (bicyclic) bond motifs is 1. The monoisotopic (exact) mass is 562 g/mol. The van der Waals surface area contributed by atoms with Gasteiger partial charge in [-0.3, -0.25) is 9.59 Å². The Hall–Kier alpha value is -4.52. The van der Waals surface area contributed by atoms with Gasteiger partial charge in [-0.1, -0.05) is 0 Å². The van der Waals surface area contributed by atoms with Crippen molar-refractivity contribution in [2.24, 2.45) is 5.73 Å². The minimum atomic E-state index is -5.41. The summed E-state index contributed by atoms with van der Waals surface area (Å²) in [5.41, 5.74) is 0.0748. The minimum Gasteiger partial charge on any atom is -0.491 e. The summed E-state index contributed by atoms with van der Waals surface area (Å²) in [5, 5.41) is 13.4. The highest BCUT2D eigenvalue weighted by atomic mass is 19.4. The van der Waals surface area contributed by atoms with Crippen molar-refractivity contribution in [3.63, 3.8) is 0 Å². The molecule has 8 nitrogen and oxygen atoms in total. The third-order valence-corrected chi connectivity index (χ3v) is 6.10. The number of primary amides is 1. The number of nitrogens with two attached hydrogens (primary N) is 1. The SMILES string of the molecule is CCOc1c(CC(N)=O)cc([C@@](O)(CNC(=O)c2cc3[nH]ccc3cc2F)C(F)(F)F)nc1-c1ccc(F)cc1. The predicted molar refractivity (Wildman–Crippen MR) is 134 cm³/mol. The highest BCUT2D eigenvalue weighted by molar-refractivity contribution is 5.98. The van der Waals surface area contributed by atoms with Gasteiger partial charge in [-0.15, -0.1) is 0 Å². The van der Waals surface area contributed by atoms with Crippen molar-refractivity contribution in [2.45, 2.75) is 25.1 Å². The van der Waals surface area contributed by atoms with Crippen LogP contribution in [-0.2, 0) is 16.8 Å². The molecule has 4 aromatic rings. The number of pyridine rings is 1. The molecule has 0 aliphatic rings. The molecule has 4 rings (SSSR count). The van der Waals surface area contributed by atoms with Gasteiger partial charge in [0.1, 0.15) is 23.1 Å². The van der Waals surface area contributed by atoms with Crippen LogP contribution < -0.4 is 15.8 Å². The molecule has 2 aromatic carbocycles. The van der Waals surface area contributed by atoms with E-state index < -0.39 is 59.4 Å². The molecule has 2 amide bonds. The van der Waals surface area contributed by atoms with E-state index in [2.05, 4.69) is 9.97 Å². The Balaban J connectivity index is 1.81. The van der Waals surface area contributed by atoms with Gasteiger partial charge in [-0.05, 0) is 55.5 Å². The second kappa shape index (κ2) is 10.9. The summed E-state index contributed by atoms with van der Waals surface area (Å²) < 4.78 is 76.9. The molecule has 0 aliphatic carbocycles. The molecule has 0 bridgehead atoms. The summed E-state index contributed by atoms with van der Waals surface area (Å²) in [7, 11) is 0. The number of amides is 2. The van der Waals surface area contributed by atoms with E-state index in [1.807, 2.05) is 5.32 Å². The maximum atomic E-state index is 14.5. The van der Waals surface area contributed by atoms with Gasteiger partial charge in [0.25, 0.3) is 5.91 Å². The van der Waals surface area contributed by atoms with Crippen molar-refractivity contribution in [2.75, 3.05) is 13.2 Å². The van der Waals surface area contributed by atoms with Crippen molar-refractivity contribution in [3.05, 3.63) is 83.2 Å². The lowest BCUT2D eigenvalue weighted by Crippen LogP contribution is -2.51. The van der Waals surface area contributed by atoms with Crippen molar-refractivity contribution in [1.82, 2.24) is 15.3 Å². The Morgan fingerprint density at radius 3 is 2.42 bits per heavy atom. The quantitative estimate of drug-likeness (QED) is 0.228. The molecule has 0 spiro atoms. The van der Waals surface area contributed by atoms with Crippen molar-refractivity contribution < 1.29 is 41.4 Å². The average Bonchev–Trinajstić information content (AvgIpc) is 3.34. The van der Waals surface area contributed by atoms with Gasteiger partial charge in [0.2, 0.25) is 11.5 Å². The van der Waals surface area contributed by atoms with Crippen LogP contribution in [0.15, 0.2) is 54.7 Å². The molecule has 1 atom stereocenters. The number of ether oxygens (including phenoxy) is 1. The Morgan fingerprint density at radius 1 is 1.10 bits per heavy atom. The fourth-order valence-electron chi connectivity index (χ4n) is 4.11. The van der Waals surface area contributed by atoms with Crippen LogP contribution >= 0.6 is 0 Å². The first-order valence-corrected chi connectivity index (χ1v) is 11.9. The lowest BCUT2D eigenvalue weighted by atomic mass is 9.93. The number of aliphatic hydroxyl groups is 1. The molecule has 2 aromatic heterocycles. The van der Waals surface area contributed by atoms with Crippen LogP contribution in [0.4, 0.5) is 22.0 Å². The number of aromatic nitrogens is 2. The molecular weight excluding hydrogens is 539 g/mol. The summed E-state index contributed by atoms with van der Waals surface area (Å²) >= 11 is 0. The van der Waals surface area contributed by atoms with E-state index in [0.29, 0.717) is 10.9 Å². The fraction of sp³-hybridized carbons (Fsp3) is 0.222. The lowest BCUT2D eigenvalue weighted by molar-refractivity contribution is -0.265. The molecule has 0 unspecified atom stereocenters. The number of carbonyl (C=O) groups excluding carboxylic acids is 2. The van der Waals surface area contributed by atoms with Gasteiger partial charge >= 0.3 is 6.18 Å². The summed E-state index contributed by atoms with van der Waals surface area (Å²) in [6.07, 6.45) is -4.50. The Kier molecular flexibility index (Phi) is 7.78. The second-order valence-electron chi connectivity index (χ2n) is 8.87. The number of benzene rings is 2. The van der Waals surface area contributed by atoms with Gasteiger partial charge in [-0.25, -0.2) is 13.8 Å². The third kappa shape index (κ3) is 5.59. The molecule has 210 valence electrons. The van der Waals surface area contributed by atoms with Gasteiger partial charge in [0, 0.05) is 28.2 Å². The van der Waals surface area contributed by atoms with Crippen molar-refractivity contribution in [1.29, 1.82) is 0 Å². The summed E-state index contributed by atoms with van der Waals surface area (Å²) in [5.74, 6) is -3.84. The van der Waals surface area contributed by atoms with E-state index in [4.69, 9.17) is 10.5 Å². The number of nitrogens with one attached hydrogen (secondary N) is 2. The van der Waals surface area contributed by atoms with Crippen LogP contribution in [0.5, 0.6) is 5.75 Å².